The summed E-state index contributed by atoms with van der Waals surface area (Å²) >= 11 is 0. The van der Waals surface area contributed by atoms with Crippen LogP contribution in [0, 0.1) is 20.2 Å². The number of nitrogens with zero attached hydrogens (tertiary/aromatic N) is 5. The molecule has 2 aromatic rings. The zero-order valence-corrected chi connectivity index (χ0v) is 23.2. The number of carboxylic acid groups (broad SMARTS) is 1. The number of rotatable bonds is 8. The van der Waals surface area contributed by atoms with Crippen molar-refractivity contribution in [3.05, 3.63) is 68.8 Å². The second-order valence-corrected chi connectivity index (χ2v) is 12.8. The van der Waals surface area contributed by atoms with Crippen LogP contribution in [0.4, 0.5) is 11.4 Å². The number of aliphatic carboxylic acids is 1. The highest BCUT2D eigenvalue weighted by Crippen LogP contribution is 2.28. The number of carbonyl (C=O) groups is 2. The van der Waals surface area contributed by atoms with Crippen LogP contribution < -0.4 is 0 Å². The quantitative estimate of drug-likeness (QED) is 0.325. The fraction of sp³-hybridized carbons (Fsp3) is 0.391. The highest BCUT2D eigenvalue weighted by atomic mass is 32.2. The van der Waals surface area contributed by atoms with Crippen molar-refractivity contribution in [2.75, 3.05) is 45.8 Å². The largest absolute Gasteiger partial charge is 0.480 e. The monoisotopic (exact) mass is 613 g/mol. The lowest BCUT2D eigenvalue weighted by molar-refractivity contribution is -0.388. The van der Waals surface area contributed by atoms with Crippen LogP contribution in [-0.2, 0) is 29.6 Å². The van der Waals surface area contributed by atoms with Crippen LogP contribution in [0.2, 0.25) is 0 Å². The van der Waals surface area contributed by atoms with E-state index in [1.165, 1.54) is 29.2 Å². The molecule has 0 unspecified atom stereocenters. The molecule has 1 N–H and O–H groups in total. The number of nitro groups is 2. The van der Waals surface area contributed by atoms with Gasteiger partial charge in [-0.25, -0.2) is 16.8 Å². The van der Waals surface area contributed by atoms with Crippen LogP contribution in [0.25, 0.3) is 0 Å². The molecule has 0 saturated carbocycles. The smallest absolute Gasteiger partial charge is 0.317 e. The molecule has 0 atom stereocenters. The molecule has 1 fully saturated rings. The lowest BCUT2D eigenvalue weighted by Crippen LogP contribution is -2.46. The van der Waals surface area contributed by atoms with Crippen molar-refractivity contribution < 1.29 is 41.4 Å². The van der Waals surface area contributed by atoms with E-state index in [9.17, 15) is 51.8 Å². The van der Waals surface area contributed by atoms with Gasteiger partial charge in [-0.15, -0.1) is 0 Å². The van der Waals surface area contributed by atoms with Gasteiger partial charge in [-0.1, -0.05) is 24.3 Å². The van der Waals surface area contributed by atoms with Crippen molar-refractivity contribution in [2.45, 2.75) is 22.6 Å². The molecule has 1 aliphatic rings. The van der Waals surface area contributed by atoms with Gasteiger partial charge in [-0.2, -0.15) is 8.61 Å². The van der Waals surface area contributed by atoms with Gasteiger partial charge < -0.3 is 5.11 Å². The molecular formula is C23H27N5O11S2. The Balaban J connectivity index is 1.94. The van der Waals surface area contributed by atoms with Crippen LogP contribution >= 0.6 is 0 Å². The molecule has 0 spiro atoms. The summed E-state index contributed by atoms with van der Waals surface area (Å²) in [7, 11) is -8.98. The lowest BCUT2D eigenvalue weighted by atomic mass is 10.2. The SMILES string of the molecule is O=C(O)CN1CCN(S(=O)(=O)c2ccccc2[N+](=O)[O-])CCC(=O)CCN(S(=O)(=O)c2ccccc2[N+](=O)[O-])CC1. The van der Waals surface area contributed by atoms with E-state index in [0.29, 0.717) is 0 Å². The van der Waals surface area contributed by atoms with E-state index in [-0.39, 0.29) is 39.0 Å². The molecule has 1 saturated heterocycles. The zero-order valence-electron chi connectivity index (χ0n) is 21.6. The molecular weight excluding hydrogens is 586 g/mol. The molecule has 0 radical (unpaired) electrons. The Kier molecular flexibility index (Phi) is 10.2. The third-order valence-corrected chi connectivity index (χ3v) is 10.2. The Morgan fingerprint density at radius 2 is 1.12 bits per heavy atom. The molecule has 0 aromatic heterocycles. The van der Waals surface area contributed by atoms with Gasteiger partial charge in [0.15, 0.2) is 9.79 Å². The molecule has 1 heterocycles. The van der Waals surface area contributed by atoms with Crippen molar-refractivity contribution in [1.29, 1.82) is 0 Å². The van der Waals surface area contributed by atoms with Gasteiger partial charge in [0.05, 0.1) is 16.4 Å². The first kappa shape index (κ1) is 31.7. The molecule has 0 aliphatic carbocycles. The van der Waals surface area contributed by atoms with Gasteiger partial charge in [0.2, 0.25) is 20.0 Å². The summed E-state index contributed by atoms with van der Waals surface area (Å²) in [5.41, 5.74) is -1.33. The summed E-state index contributed by atoms with van der Waals surface area (Å²) in [5, 5.41) is 32.3. The van der Waals surface area contributed by atoms with Crippen molar-refractivity contribution >= 4 is 43.2 Å². The first-order valence-corrected chi connectivity index (χ1v) is 15.1. The number of carboxylic acids is 1. The fourth-order valence-corrected chi connectivity index (χ4v) is 7.40. The van der Waals surface area contributed by atoms with Crippen LogP contribution in [0.15, 0.2) is 58.3 Å². The number of benzene rings is 2. The number of sulfonamides is 2. The van der Waals surface area contributed by atoms with Gasteiger partial charge in [-0.3, -0.25) is 34.7 Å². The lowest BCUT2D eigenvalue weighted by Gasteiger charge is -2.29. The zero-order chi connectivity index (χ0) is 30.4. The van der Waals surface area contributed by atoms with E-state index in [1.807, 2.05) is 0 Å². The second-order valence-electron chi connectivity index (χ2n) is 8.97. The summed E-state index contributed by atoms with van der Waals surface area (Å²) < 4.78 is 55.4. The van der Waals surface area contributed by atoms with Crippen molar-refractivity contribution in [3.63, 3.8) is 0 Å². The fourth-order valence-electron chi connectivity index (χ4n) is 4.23. The minimum atomic E-state index is -4.49. The van der Waals surface area contributed by atoms with Crippen molar-refractivity contribution in [1.82, 2.24) is 13.5 Å². The second kappa shape index (κ2) is 13.2. The van der Waals surface area contributed by atoms with Gasteiger partial charge in [0.1, 0.15) is 5.78 Å². The number of para-hydroxylation sites is 2. The Hall–Kier alpha value is -3.84. The Morgan fingerprint density at radius 3 is 1.49 bits per heavy atom. The molecule has 16 nitrogen and oxygen atoms in total. The minimum Gasteiger partial charge on any atom is -0.480 e. The molecule has 1 aliphatic heterocycles. The third kappa shape index (κ3) is 7.67. The highest BCUT2D eigenvalue weighted by Gasteiger charge is 2.34. The normalized spacial score (nSPS) is 17.3. The average Bonchev–Trinajstić information content (AvgIpc) is 2.91. The van der Waals surface area contributed by atoms with E-state index in [1.54, 1.807) is 0 Å². The third-order valence-electron chi connectivity index (χ3n) is 6.33. The molecule has 3 rings (SSSR count). The Morgan fingerprint density at radius 1 is 0.732 bits per heavy atom. The molecule has 222 valence electrons. The van der Waals surface area contributed by atoms with E-state index < -0.39 is 82.4 Å². The number of hydrogen-bond donors (Lipinski definition) is 1. The number of hydrogen-bond acceptors (Lipinski definition) is 11. The maximum atomic E-state index is 13.4. The standard InChI is InChI=1S/C23H27N5O11S2/c29-18-9-11-25(40(36,37)21-7-3-1-5-19(21)27(32)33)15-13-24(17-23(30)31)14-16-26(12-10-18)41(38,39)22-8-4-2-6-20(22)28(34)35/h1-8H,9-17H2,(H,30,31). The Bertz CT molecular complexity index is 1440. The van der Waals surface area contributed by atoms with Gasteiger partial charge in [-0.05, 0) is 12.1 Å². The van der Waals surface area contributed by atoms with Gasteiger partial charge in [0, 0.05) is 64.2 Å². The summed E-state index contributed by atoms with van der Waals surface area (Å²) in [6.07, 6.45) is -0.726. The van der Waals surface area contributed by atoms with E-state index in [0.717, 1.165) is 32.9 Å². The summed E-state index contributed by atoms with van der Waals surface area (Å²) in [5.74, 6) is -1.80. The minimum absolute atomic E-state index is 0.222. The molecule has 0 amide bonds. The van der Waals surface area contributed by atoms with Crippen molar-refractivity contribution in [3.8, 4) is 0 Å². The number of carbonyl (C=O) groups excluding carboxylic acids is 1. The predicted octanol–water partition coefficient (Wildman–Crippen LogP) is 0.934. The molecule has 2 aromatic carbocycles. The number of ketones is 1. The first-order valence-electron chi connectivity index (χ1n) is 12.2. The molecule has 18 heteroatoms. The van der Waals surface area contributed by atoms with Crippen LogP contribution in [0.5, 0.6) is 0 Å². The maximum Gasteiger partial charge on any atom is 0.317 e. The number of Topliss-reactive ketones (excluding diaryl/α,β-unsaturated/α-hetero) is 1. The first-order chi connectivity index (χ1) is 19.2. The molecule has 0 bridgehead atoms. The maximum absolute atomic E-state index is 13.4. The van der Waals surface area contributed by atoms with Crippen LogP contribution in [0.1, 0.15) is 12.8 Å². The predicted molar refractivity (Wildman–Crippen MR) is 142 cm³/mol. The average molecular weight is 614 g/mol. The van der Waals surface area contributed by atoms with Crippen LogP contribution in [0.3, 0.4) is 0 Å². The molecule has 41 heavy (non-hydrogen) atoms. The summed E-state index contributed by atoms with van der Waals surface area (Å²) in [4.78, 5) is 45.6. The van der Waals surface area contributed by atoms with E-state index in [2.05, 4.69) is 0 Å². The van der Waals surface area contributed by atoms with E-state index in [4.69, 9.17) is 0 Å². The van der Waals surface area contributed by atoms with Crippen molar-refractivity contribution in [2.24, 2.45) is 0 Å². The highest BCUT2D eigenvalue weighted by molar-refractivity contribution is 7.89. The summed E-state index contributed by atoms with van der Waals surface area (Å²) in [6.45, 7) is -2.55. The van der Waals surface area contributed by atoms with E-state index >= 15 is 0 Å². The van der Waals surface area contributed by atoms with Gasteiger partial charge >= 0.3 is 5.97 Å². The summed E-state index contributed by atoms with van der Waals surface area (Å²) in [6, 6.07) is 9.40. The Labute approximate surface area is 235 Å². The van der Waals surface area contributed by atoms with Gasteiger partial charge in [0.25, 0.3) is 11.4 Å². The topological polar surface area (TPSA) is 219 Å². The number of nitro benzene ring substituents is 2. The van der Waals surface area contributed by atoms with Crippen LogP contribution in [-0.4, -0.2) is 103 Å².